The minimum atomic E-state index is -0.382. The Morgan fingerprint density at radius 3 is 2.26 bits per heavy atom. The van der Waals surface area contributed by atoms with Crippen molar-refractivity contribution in [1.82, 2.24) is 14.8 Å². The number of hydrogen-bond acceptors (Lipinski definition) is 3. The van der Waals surface area contributed by atoms with E-state index in [2.05, 4.69) is 10.2 Å². The first-order valence-corrected chi connectivity index (χ1v) is 11.2. The van der Waals surface area contributed by atoms with Crippen LogP contribution in [-0.2, 0) is 5.75 Å². The molecule has 0 radical (unpaired) electrons. The lowest BCUT2D eigenvalue weighted by Gasteiger charge is -2.15. The maximum absolute atomic E-state index is 13.5. The third-order valence-corrected chi connectivity index (χ3v) is 6.45. The van der Waals surface area contributed by atoms with Crippen molar-refractivity contribution in [3.63, 3.8) is 0 Å². The van der Waals surface area contributed by atoms with Gasteiger partial charge in [-0.25, -0.2) is 8.78 Å². The molecule has 0 saturated carbocycles. The van der Waals surface area contributed by atoms with E-state index in [0.29, 0.717) is 26.8 Å². The molecule has 0 amide bonds. The molecule has 1 atom stereocenters. The molecule has 3 aromatic carbocycles. The molecule has 0 aliphatic rings. The van der Waals surface area contributed by atoms with Crippen molar-refractivity contribution in [2.75, 3.05) is 0 Å². The smallest absolute Gasteiger partial charge is 0.196 e. The molecule has 0 aliphatic heterocycles. The van der Waals surface area contributed by atoms with Gasteiger partial charge in [0.2, 0.25) is 0 Å². The van der Waals surface area contributed by atoms with E-state index in [1.165, 1.54) is 36.0 Å². The quantitative estimate of drug-likeness (QED) is 0.274. The van der Waals surface area contributed by atoms with Gasteiger partial charge in [-0.2, -0.15) is 0 Å². The summed E-state index contributed by atoms with van der Waals surface area (Å²) in [6.07, 6.45) is 0. The largest absolute Gasteiger partial charge is 0.274 e. The number of aromatic nitrogens is 3. The highest BCUT2D eigenvalue weighted by Gasteiger charge is 2.21. The van der Waals surface area contributed by atoms with Crippen LogP contribution in [0.25, 0.3) is 5.69 Å². The zero-order valence-electron chi connectivity index (χ0n) is 16.4. The van der Waals surface area contributed by atoms with Gasteiger partial charge in [-0.3, -0.25) is 4.57 Å². The van der Waals surface area contributed by atoms with E-state index >= 15 is 0 Å². The molecule has 0 spiro atoms. The molecule has 0 N–H and O–H groups in total. The molecular formula is C23H17Cl2F2N3S. The second-order valence-electron chi connectivity index (χ2n) is 6.95. The van der Waals surface area contributed by atoms with E-state index < -0.39 is 0 Å². The lowest BCUT2D eigenvalue weighted by Crippen LogP contribution is -2.08. The Hall–Kier alpha value is -2.41. The maximum Gasteiger partial charge on any atom is 0.196 e. The van der Waals surface area contributed by atoms with E-state index in [4.69, 9.17) is 23.2 Å². The standard InChI is InChI=1S/C23H17Cl2F2N3S/c1-14(15-2-5-17(24)6-3-15)22-28-29-23(30(22)20-10-8-18(26)9-11-20)31-13-16-4-7-19(27)12-21(16)25/h2-12,14H,13H2,1H3. The van der Waals surface area contributed by atoms with Crippen LogP contribution in [0, 0.1) is 11.6 Å². The van der Waals surface area contributed by atoms with Gasteiger partial charge in [-0.05, 0) is 59.7 Å². The van der Waals surface area contributed by atoms with Crippen LogP contribution < -0.4 is 0 Å². The van der Waals surface area contributed by atoms with Crippen molar-refractivity contribution in [2.45, 2.75) is 23.8 Å². The topological polar surface area (TPSA) is 30.7 Å². The molecule has 0 saturated heterocycles. The highest BCUT2D eigenvalue weighted by atomic mass is 35.5. The number of halogens is 4. The summed E-state index contributed by atoms with van der Waals surface area (Å²) in [6, 6.07) is 18.0. The van der Waals surface area contributed by atoms with Crippen LogP contribution >= 0.6 is 35.0 Å². The van der Waals surface area contributed by atoms with Crippen molar-refractivity contribution >= 4 is 35.0 Å². The summed E-state index contributed by atoms with van der Waals surface area (Å²) in [6.45, 7) is 2.03. The molecule has 1 aromatic heterocycles. The van der Waals surface area contributed by atoms with Crippen LogP contribution in [0.15, 0.2) is 71.9 Å². The zero-order valence-corrected chi connectivity index (χ0v) is 18.7. The van der Waals surface area contributed by atoms with Gasteiger partial charge in [0.25, 0.3) is 0 Å². The minimum absolute atomic E-state index is 0.0846. The van der Waals surface area contributed by atoms with Gasteiger partial charge < -0.3 is 0 Å². The first kappa shape index (κ1) is 21.8. The number of benzene rings is 3. The Morgan fingerprint density at radius 2 is 1.58 bits per heavy atom. The second-order valence-corrected chi connectivity index (χ2v) is 8.74. The third kappa shape index (κ3) is 4.92. The van der Waals surface area contributed by atoms with Gasteiger partial charge in [0.1, 0.15) is 17.5 Å². The molecule has 4 aromatic rings. The van der Waals surface area contributed by atoms with Crippen LogP contribution in [0.4, 0.5) is 8.78 Å². The minimum Gasteiger partial charge on any atom is -0.274 e. The highest BCUT2D eigenvalue weighted by Crippen LogP contribution is 2.32. The van der Waals surface area contributed by atoms with Crippen LogP contribution in [0.3, 0.4) is 0 Å². The fourth-order valence-corrected chi connectivity index (χ4v) is 4.57. The van der Waals surface area contributed by atoms with Crippen LogP contribution in [0.5, 0.6) is 0 Å². The van der Waals surface area contributed by atoms with Crippen molar-refractivity contribution < 1.29 is 8.78 Å². The van der Waals surface area contributed by atoms with Crippen molar-refractivity contribution in [1.29, 1.82) is 0 Å². The maximum atomic E-state index is 13.5. The Balaban J connectivity index is 1.71. The summed E-state index contributed by atoms with van der Waals surface area (Å²) >= 11 is 13.6. The van der Waals surface area contributed by atoms with Gasteiger partial charge in [-0.1, -0.05) is 60.1 Å². The lowest BCUT2D eigenvalue weighted by atomic mass is 10.0. The molecule has 0 aliphatic carbocycles. The summed E-state index contributed by atoms with van der Waals surface area (Å²) in [4.78, 5) is 0. The zero-order chi connectivity index (χ0) is 22.0. The summed E-state index contributed by atoms with van der Waals surface area (Å²) in [5.41, 5.74) is 2.56. The molecule has 0 bridgehead atoms. The first-order valence-electron chi connectivity index (χ1n) is 9.46. The molecule has 8 heteroatoms. The summed E-state index contributed by atoms with van der Waals surface area (Å²) in [5.74, 6) is 0.400. The average Bonchev–Trinajstić information content (AvgIpc) is 3.17. The summed E-state index contributed by atoms with van der Waals surface area (Å²) < 4.78 is 28.8. The highest BCUT2D eigenvalue weighted by molar-refractivity contribution is 7.98. The van der Waals surface area contributed by atoms with Crippen molar-refractivity contribution in [3.05, 3.63) is 105 Å². The Bertz CT molecular complexity index is 1190. The molecular weight excluding hydrogens is 459 g/mol. The number of nitrogens with zero attached hydrogens (tertiary/aromatic N) is 3. The first-order chi connectivity index (χ1) is 14.9. The second kappa shape index (κ2) is 9.39. The number of hydrogen-bond donors (Lipinski definition) is 0. The van der Waals surface area contributed by atoms with Crippen molar-refractivity contribution in [3.8, 4) is 5.69 Å². The third-order valence-electron chi connectivity index (χ3n) is 4.87. The number of rotatable bonds is 6. The molecule has 158 valence electrons. The van der Waals surface area contributed by atoms with Crippen LogP contribution in [0.2, 0.25) is 10.0 Å². The van der Waals surface area contributed by atoms with E-state index in [0.717, 1.165) is 16.8 Å². The SMILES string of the molecule is CC(c1ccc(Cl)cc1)c1nnc(SCc2ccc(F)cc2Cl)n1-c1ccc(F)cc1. The molecule has 4 rings (SSSR count). The monoisotopic (exact) mass is 475 g/mol. The molecule has 1 unspecified atom stereocenters. The normalized spacial score (nSPS) is 12.2. The average molecular weight is 476 g/mol. The molecule has 3 nitrogen and oxygen atoms in total. The van der Waals surface area contributed by atoms with E-state index in [1.807, 2.05) is 35.8 Å². The summed E-state index contributed by atoms with van der Waals surface area (Å²) in [7, 11) is 0. The molecule has 1 heterocycles. The fourth-order valence-electron chi connectivity index (χ4n) is 3.17. The number of thioether (sulfide) groups is 1. The lowest BCUT2D eigenvalue weighted by molar-refractivity contribution is 0.626. The van der Waals surface area contributed by atoms with E-state index in [9.17, 15) is 8.78 Å². The molecule has 0 fully saturated rings. The summed E-state index contributed by atoms with van der Waals surface area (Å²) in [5, 5.41) is 10.5. The predicted octanol–water partition coefficient (Wildman–Crippen LogP) is 7.30. The van der Waals surface area contributed by atoms with Gasteiger partial charge in [0, 0.05) is 27.4 Å². The Morgan fingerprint density at radius 1 is 0.903 bits per heavy atom. The van der Waals surface area contributed by atoms with Crippen molar-refractivity contribution in [2.24, 2.45) is 0 Å². The van der Waals surface area contributed by atoms with Gasteiger partial charge in [0.05, 0.1) is 0 Å². The Kier molecular flexibility index (Phi) is 6.60. The van der Waals surface area contributed by atoms with E-state index in [-0.39, 0.29) is 17.6 Å². The van der Waals surface area contributed by atoms with Gasteiger partial charge in [-0.15, -0.1) is 10.2 Å². The van der Waals surface area contributed by atoms with Gasteiger partial charge in [0.15, 0.2) is 5.16 Å². The van der Waals surface area contributed by atoms with Gasteiger partial charge >= 0.3 is 0 Å². The molecule has 31 heavy (non-hydrogen) atoms. The fraction of sp³-hybridized carbons (Fsp3) is 0.130. The Labute approximate surface area is 193 Å². The predicted molar refractivity (Wildman–Crippen MR) is 121 cm³/mol. The van der Waals surface area contributed by atoms with Crippen LogP contribution in [0.1, 0.15) is 29.8 Å². The van der Waals surface area contributed by atoms with E-state index in [1.54, 1.807) is 18.2 Å². The van der Waals surface area contributed by atoms with Crippen LogP contribution in [-0.4, -0.2) is 14.8 Å².